The number of hydrogen-bond acceptors (Lipinski definition) is 2. The Kier molecular flexibility index (Phi) is 5.20. The summed E-state index contributed by atoms with van der Waals surface area (Å²) in [5, 5.41) is 13.7. The maximum Gasteiger partial charge on any atom is 0.326 e. The Hall–Kier alpha value is -1.31. The Labute approximate surface area is 113 Å². The average Bonchev–Trinajstić information content (AvgIpc) is 2.28. The molecule has 1 aromatic rings. The van der Waals surface area contributed by atoms with Gasteiger partial charge in [0.1, 0.15) is 6.04 Å². The van der Waals surface area contributed by atoms with Crippen molar-refractivity contribution < 1.29 is 14.7 Å². The fourth-order valence-corrected chi connectivity index (χ4v) is 1.56. The summed E-state index contributed by atoms with van der Waals surface area (Å²) in [4.78, 5) is 22.2. The van der Waals surface area contributed by atoms with Crippen LogP contribution in [0.1, 0.15) is 13.3 Å². The molecule has 0 aromatic heterocycles. The summed E-state index contributed by atoms with van der Waals surface area (Å²) in [7, 11) is 0. The lowest BCUT2D eigenvalue weighted by Gasteiger charge is -2.13. The highest BCUT2D eigenvalue weighted by atomic mass is 127. The third-order valence-corrected chi connectivity index (χ3v) is 2.83. The van der Waals surface area contributed by atoms with E-state index in [0.717, 1.165) is 3.57 Å². The first-order valence-electron chi connectivity index (χ1n) is 5.08. The van der Waals surface area contributed by atoms with E-state index in [2.05, 4.69) is 33.2 Å². The number of hydrogen-bond donors (Lipinski definition) is 3. The van der Waals surface area contributed by atoms with E-state index in [1.807, 2.05) is 12.1 Å². The van der Waals surface area contributed by atoms with Crippen molar-refractivity contribution in [2.75, 3.05) is 5.32 Å². The van der Waals surface area contributed by atoms with Crippen molar-refractivity contribution in [2.45, 2.75) is 19.4 Å². The molecule has 0 unspecified atom stereocenters. The van der Waals surface area contributed by atoms with Crippen molar-refractivity contribution in [1.29, 1.82) is 0 Å². The Morgan fingerprint density at radius 1 is 1.35 bits per heavy atom. The summed E-state index contributed by atoms with van der Waals surface area (Å²) in [6.07, 6.45) is 0.343. The smallest absolute Gasteiger partial charge is 0.326 e. The van der Waals surface area contributed by atoms with E-state index >= 15 is 0 Å². The summed E-state index contributed by atoms with van der Waals surface area (Å²) in [5.74, 6) is -1.04. The van der Waals surface area contributed by atoms with Crippen molar-refractivity contribution in [3.8, 4) is 0 Å². The minimum Gasteiger partial charge on any atom is -0.480 e. The van der Waals surface area contributed by atoms with Gasteiger partial charge in [-0.15, -0.1) is 0 Å². The molecule has 0 radical (unpaired) electrons. The van der Waals surface area contributed by atoms with Gasteiger partial charge in [0, 0.05) is 9.26 Å². The summed E-state index contributed by atoms with van der Waals surface area (Å²) in [6.45, 7) is 1.70. The van der Waals surface area contributed by atoms with E-state index in [4.69, 9.17) is 5.11 Å². The van der Waals surface area contributed by atoms with Gasteiger partial charge >= 0.3 is 12.0 Å². The Bertz CT molecular complexity index is 406. The first-order chi connectivity index (χ1) is 8.02. The quantitative estimate of drug-likeness (QED) is 0.731. The van der Waals surface area contributed by atoms with E-state index in [1.165, 1.54) is 0 Å². The number of carbonyl (C=O) groups excluding carboxylic acids is 1. The molecule has 0 spiro atoms. The molecular formula is C11H13IN2O3. The van der Waals surface area contributed by atoms with Gasteiger partial charge in [0.25, 0.3) is 0 Å². The zero-order chi connectivity index (χ0) is 12.8. The van der Waals surface area contributed by atoms with Gasteiger partial charge in [0.15, 0.2) is 0 Å². The van der Waals surface area contributed by atoms with Crippen LogP contribution in [0.3, 0.4) is 0 Å². The first-order valence-corrected chi connectivity index (χ1v) is 6.16. The third-order valence-electron chi connectivity index (χ3n) is 2.11. The second-order valence-corrected chi connectivity index (χ2v) is 4.65. The number of anilines is 1. The molecule has 0 aliphatic rings. The van der Waals surface area contributed by atoms with Gasteiger partial charge in [-0.25, -0.2) is 9.59 Å². The normalized spacial score (nSPS) is 11.6. The molecule has 1 aromatic carbocycles. The van der Waals surface area contributed by atoms with E-state index < -0.39 is 18.0 Å². The molecule has 0 saturated carbocycles. The fourth-order valence-electron chi connectivity index (χ4n) is 1.20. The fraction of sp³-hybridized carbons (Fsp3) is 0.273. The Morgan fingerprint density at radius 2 is 1.94 bits per heavy atom. The number of carbonyl (C=O) groups is 2. The highest BCUT2D eigenvalue weighted by molar-refractivity contribution is 14.1. The van der Waals surface area contributed by atoms with Crippen LogP contribution in [0, 0.1) is 3.57 Å². The van der Waals surface area contributed by atoms with Gasteiger partial charge in [-0.1, -0.05) is 6.92 Å². The van der Waals surface area contributed by atoms with Crippen LogP contribution in [0.4, 0.5) is 10.5 Å². The standard InChI is InChI=1S/C11H13IN2O3/c1-2-9(10(15)16)14-11(17)13-8-5-3-7(12)4-6-8/h3-6,9H,2H2,1H3,(H,15,16)(H2,13,14,17)/t9-/m1/s1. The topological polar surface area (TPSA) is 78.4 Å². The number of urea groups is 1. The maximum atomic E-state index is 11.5. The van der Waals surface area contributed by atoms with Crippen molar-refractivity contribution in [1.82, 2.24) is 5.32 Å². The highest BCUT2D eigenvalue weighted by Crippen LogP contribution is 2.10. The van der Waals surface area contributed by atoms with Gasteiger partial charge in [-0.2, -0.15) is 0 Å². The van der Waals surface area contributed by atoms with Crippen LogP contribution in [0.2, 0.25) is 0 Å². The lowest BCUT2D eigenvalue weighted by molar-refractivity contribution is -0.139. The zero-order valence-electron chi connectivity index (χ0n) is 9.24. The molecule has 0 fully saturated rings. The first kappa shape index (κ1) is 13.8. The molecule has 0 heterocycles. The van der Waals surface area contributed by atoms with Gasteiger partial charge in [0.2, 0.25) is 0 Å². The molecule has 2 amide bonds. The number of nitrogens with one attached hydrogen (secondary N) is 2. The zero-order valence-corrected chi connectivity index (χ0v) is 11.4. The van der Waals surface area contributed by atoms with E-state index in [-0.39, 0.29) is 0 Å². The second-order valence-electron chi connectivity index (χ2n) is 3.40. The van der Waals surface area contributed by atoms with Crippen LogP contribution in [-0.4, -0.2) is 23.1 Å². The van der Waals surface area contributed by atoms with Gasteiger partial charge in [-0.05, 0) is 53.3 Å². The molecule has 6 heteroatoms. The minimum atomic E-state index is -1.04. The molecule has 1 rings (SSSR count). The molecule has 3 N–H and O–H groups in total. The summed E-state index contributed by atoms with van der Waals surface area (Å²) >= 11 is 2.16. The van der Waals surface area contributed by atoms with Crippen LogP contribution in [0.15, 0.2) is 24.3 Å². The SMILES string of the molecule is CC[C@@H](NC(=O)Nc1ccc(I)cc1)C(=O)O. The van der Waals surface area contributed by atoms with Crippen molar-refractivity contribution >= 4 is 40.3 Å². The van der Waals surface area contributed by atoms with E-state index in [1.54, 1.807) is 19.1 Å². The van der Waals surface area contributed by atoms with Crippen molar-refractivity contribution in [3.05, 3.63) is 27.8 Å². The average molecular weight is 348 g/mol. The molecule has 0 aliphatic heterocycles. The number of carboxylic acid groups (broad SMARTS) is 1. The third kappa shape index (κ3) is 4.59. The number of amides is 2. The molecule has 5 nitrogen and oxygen atoms in total. The lowest BCUT2D eigenvalue weighted by Crippen LogP contribution is -2.42. The largest absolute Gasteiger partial charge is 0.480 e. The Balaban J connectivity index is 2.54. The van der Waals surface area contributed by atoms with Crippen LogP contribution in [0.25, 0.3) is 0 Å². The number of rotatable bonds is 4. The molecule has 92 valence electrons. The maximum absolute atomic E-state index is 11.5. The second kappa shape index (κ2) is 6.43. The molecular weight excluding hydrogens is 335 g/mol. The minimum absolute atomic E-state index is 0.343. The summed E-state index contributed by atoms with van der Waals surface area (Å²) < 4.78 is 1.06. The molecule has 17 heavy (non-hydrogen) atoms. The van der Waals surface area contributed by atoms with Crippen LogP contribution in [0.5, 0.6) is 0 Å². The Morgan fingerprint density at radius 3 is 2.41 bits per heavy atom. The molecule has 0 aliphatic carbocycles. The molecule has 0 bridgehead atoms. The van der Waals surface area contributed by atoms with Gasteiger partial charge in [-0.3, -0.25) is 0 Å². The molecule has 1 atom stereocenters. The monoisotopic (exact) mass is 348 g/mol. The number of carboxylic acids is 1. The number of halogens is 1. The van der Waals surface area contributed by atoms with Crippen molar-refractivity contribution in [3.63, 3.8) is 0 Å². The van der Waals surface area contributed by atoms with Crippen molar-refractivity contribution in [2.24, 2.45) is 0 Å². The van der Waals surface area contributed by atoms with Gasteiger partial charge in [0.05, 0.1) is 0 Å². The van der Waals surface area contributed by atoms with E-state index in [9.17, 15) is 9.59 Å². The predicted octanol–water partition coefficient (Wildman–Crippen LogP) is 2.28. The number of benzene rings is 1. The van der Waals surface area contributed by atoms with Crippen LogP contribution >= 0.6 is 22.6 Å². The van der Waals surface area contributed by atoms with Crippen LogP contribution in [-0.2, 0) is 4.79 Å². The number of aliphatic carboxylic acids is 1. The lowest BCUT2D eigenvalue weighted by atomic mass is 10.2. The summed E-state index contributed by atoms with van der Waals surface area (Å²) in [5.41, 5.74) is 0.628. The van der Waals surface area contributed by atoms with Gasteiger partial charge < -0.3 is 15.7 Å². The highest BCUT2D eigenvalue weighted by Gasteiger charge is 2.17. The molecule has 0 saturated heterocycles. The van der Waals surface area contributed by atoms with Crippen LogP contribution < -0.4 is 10.6 Å². The van der Waals surface area contributed by atoms with E-state index in [0.29, 0.717) is 12.1 Å². The summed E-state index contributed by atoms with van der Waals surface area (Å²) in [6, 6.07) is 5.83. The predicted molar refractivity (Wildman–Crippen MR) is 73.0 cm³/mol.